The minimum absolute atomic E-state index is 0.0459. The van der Waals surface area contributed by atoms with Gasteiger partial charge in [0.15, 0.2) is 0 Å². The average molecular weight is 379 g/mol. The third-order valence-electron chi connectivity index (χ3n) is 5.00. The second-order valence-corrected chi connectivity index (χ2v) is 8.19. The summed E-state index contributed by atoms with van der Waals surface area (Å²) in [4.78, 5) is 11.7. The van der Waals surface area contributed by atoms with Gasteiger partial charge < -0.3 is 4.74 Å². The first-order valence-electron chi connectivity index (χ1n) is 11.5. The van der Waals surface area contributed by atoms with Gasteiger partial charge in [0.05, 0.1) is 0 Å². The summed E-state index contributed by atoms with van der Waals surface area (Å²) in [5, 5.41) is 0. The Labute approximate surface area is 169 Å². The molecule has 2 nitrogen and oxygen atoms in total. The number of allylic oxidation sites excluding steroid dienone is 3. The quantitative estimate of drug-likeness (QED) is 0.136. The molecular weight excluding hydrogens is 332 g/mol. The highest BCUT2D eigenvalue weighted by atomic mass is 16.5. The number of unbranched alkanes of at least 4 members (excludes halogenated alkanes) is 11. The van der Waals surface area contributed by atoms with Crippen molar-refractivity contribution in [2.24, 2.45) is 0 Å². The van der Waals surface area contributed by atoms with Gasteiger partial charge in [-0.05, 0) is 46.1 Å². The average Bonchev–Trinajstić information content (AvgIpc) is 2.62. The van der Waals surface area contributed by atoms with Gasteiger partial charge in [-0.3, -0.25) is 4.79 Å². The van der Waals surface area contributed by atoms with Crippen molar-refractivity contribution in [1.82, 2.24) is 0 Å². The maximum absolute atomic E-state index is 11.7. The summed E-state index contributed by atoms with van der Waals surface area (Å²) in [5.74, 6) is -0.0459. The number of rotatable bonds is 18. The Kier molecular flexibility index (Phi) is 18.9. The number of hydrogen-bond donors (Lipinski definition) is 0. The molecule has 0 N–H and O–H groups in total. The number of carbonyl (C=O) groups is 1. The van der Waals surface area contributed by atoms with Gasteiger partial charge in [0, 0.05) is 6.42 Å². The first-order chi connectivity index (χ1) is 13.1. The van der Waals surface area contributed by atoms with Crippen LogP contribution in [0, 0.1) is 0 Å². The zero-order valence-electron chi connectivity index (χ0n) is 18.8. The monoisotopic (exact) mass is 378 g/mol. The lowest BCUT2D eigenvalue weighted by atomic mass is 10.0. The normalized spacial score (nSPS) is 11.5. The van der Waals surface area contributed by atoms with E-state index >= 15 is 0 Å². The SMILES string of the molecule is CCCCCCCCCCCCCCC(=O)OCC=C(C)CCC=C(C)C. The molecule has 0 atom stereocenters. The number of ether oxygens (including phenoxy) is 1. The van der Waals surface area contributed by atoms with E-state index in [0.717, 1.165) is 25.7 Å². The highest BCUT2D eigenvalue weighted by Crippen LogP contribution is 2.13. The Morgan fingerprint density at radius 2 is 1.22 bits per heavy atom. The largest absolute Gasteiger partial charge is 0.461 e. The Morgan fingerprint density at radius 1 is 0.704 bits per heavy atom. The molecule has 0 aromatic rings. The lowest BCUT2D eigenvalue weighted by Crippen LogP contribution is -2.04. The summed E-state index contributed by atoms with van der Waals surface area (Å²) in [6, 6.07) is 0. The molecule has 0 heterocycles. The van der Waals surface area contributed by atoms with Gasteiger partial charge in [-0.1, -0.05) is 94.8 Å². The summed E-state index contributed by atoms with van der Waals surface area (Å²) in [5.41, 5.74) is 2.65. The van der Waals surface area contributed by atoms with Gasteiger partial charge in [-0.15, -0.1) is 0 Å². The van der Waals surface area contributed by atoms with Crippen molar-refractivity contribution in [1.29, 1.82) is 0 Å². The van der Waals surface area contributed by atoms with Gasteiger partial charge in [0.1, 0.15) is 6.61 Å². The molecule has 2 heteroatoms. The maximum Gasteiger partial charge on any atom is 0.306 e. The Balaban J connectivity index is 3.40. The van der Waals surface area contributed by atoms with Crippen LogP contribution in [0.25, 0.3) is 0 Å². The van der Waals surface area contributed by atoms with Gasteiger partial charge in [-0.2, -0.15) is 0 Å². The van der Waals surface area contributed by atoms with Crippen LogP contribution in [0.5, 0.6) is 0 Å². The summed E-state index contributed by atoms with van der Waals surface area (Å²) in [7, 11) is 0. The summed E-state index contributed by atoms with van der Waals surface area (Å²) < 4.78 is 5.31. The fourth-order valence-corrected chi connectivity index (χ4v) is 3.15. The van der Waals surface area contributed by atoms with Gasteiger partial charge in [0.25, 0.3) is 0 Å². The van der Waals surface area contributed by atoms with E-state index in [2.05, 4.69) is 33.8 Å². The van der Waals surface area contributed by atoms with Crippen molar-refractivity contribution in [2.75, 3.05) is 6.61 Å². The Morgan fingerprint density at radius 3 is 1.74 bits per heavy atom. The molecule has 0 aromatic heterocycles. The number of esters is 1. The lowest BCUT2D eigenvalue weighted by molar-refractivity contribution is -0.142. The molecule has 0 aliphatic rings. The molecule has 27 heavy (non-hydrogen) atoms. The minimum atomic E-state index is -0.0459. The lowest BCUT2D eigenvalue weighted by Gasteiger charge is -2.04. The van der Waals surface area contributed by atoms with Gasteiger partial charge in [0.2, 0.25) is 0 Å². The van der Waals surface area contributed by atoms with Crippen LogP contribution in [0.4, 0.5) is 0 Å². The van der Waals surface area contributed by atoms with E-state index in [9.17, 15) is 4.79 Å². The molecule has 0 radical (unpaired) electrons. The molecule has 0 aromatic carbocycles. The first kappa shape index (κ1) is 26.0. The Hall–Kier alpha value is -1.05. The molecule has 0 saturated heterocycles. The fraction of sp³-hybridized carbons (Fsp3) is 0.800. The molecule has 0 rings (SSSR count). The van der Waals surface area contributed by atoms with E-state index in [4.69, 9.17) is 4.74 Å². The molecule has 0 fully saturated rings. The zero-order valence-corrected chi connectivity index (χ0v) is 18.8. The zero-order chi connectivity index (χ0) is 20.2. The molecule has 0 spiro atoms. The van der Waals surface area contributed by atoms with Crippen molar-refractivity contribution < 1.29 is 9.53 Å². The van der Waals surface area contributed by atoms with E-state index in [1.165, 1.54) is 75.4 Å². The van der Waals surface area contributed by atoms with Crippen LogP contribution in [0.2, 0.25) is 0 Å². The van der Waals surface area contributed by atoms with Crippen LogP contribution in [0.15, 0.2) is 23.3 Å². The minimum Gasteiger partial charge on any atom is -0.461 e. The van der Waals surface area contributed by atoms with Crippen LogP contribution in [0.1, 0.15) is 124 Å². The topological polar surface area (TPSA) is 26.3 Å². The predicted molar refractivity (Wildman–Crippen MR) is 119 cm³/mol. The second-order valence-electron chi connectivity index (χ2n) is 8.19. The van der Waals surface area contributed by atoms with Crippen molar-refractivity contribution in [3.05, 3.63) is 23.3 Å². The van der Waals surface area contributed by atoms with E-state index in [-0.39, 0.29) is 5.97 Å². The maximum atomic E-state index is 11.7. The van der Waals surface area contributed by atoms with Gasteiger partial charge >= 0.3 is 5.97 Å². The molecule has 0 amide bonds. The smallest absolute Gasteiger partial charge is 0.306 e. The predicted octanol–water partition coefficient (Wildman–Crippen LogP) is 8.31. The molecule has 0 bridgehead atoms. The van der Waals surface area contributed by atoms with Crippen LogP contribution >= 0.6 is 0 Å². The van der Waals surface area contributed by atoms with Crippen LogP contribution in [0.3, 0.4) is 0 Å². The highest BCUT2D eigenvalue weighted by molar-refractivity contribution is 5.69. The van der Waals surface area contributed by atoms with E-state index in [1.54, 1.807) is 0 Å². The van der Waals surface area contributed by atoms with Gasteiger partial charge in [-0.25, -0.2) is 0 Å². The van der Waals surface area contributed by atoms with E-state index in [0.29, 0.717) is 13.0 Å². The van der Waals surface area contributed by atoms with Crippen molar-refractivity contribution in [2.45, 2.75) is 124 Å². The third kappa shape index (κ3) is 21.1. The van der Waals surface area contributed by atoms with Crippen LogP contribution < -0.4 is 0 Å². The third-order valence-corrected chi connectivity index (χ3v) is 5.00. The molecular formula is C25H46O2. The van der Waals surface area contributed by atoms with Crippen LogP contribution in [-0.4, -0.2) is 12.6 Å². The molecule has 0 unspecified atom stereocenters. The summed E-state index contributed by atoms with van der Waals surface area (Å²) >= 11 is 0. The van der Waals surface area contributed by atoms with E-state index < -0.39 is 0 Å². The van der Waals surface area contributed by atoms with Crippen molar-refractivity contribution in [3.63, 3.8) is 0 Å². The van der Waals surface area contributed by atoms with Crippen molar-refractivity contribution >= 4 is 5.97 Å². The number of carbonyl (C=O) groups excluding carboxylic acids is 1. The standard InChI is InChI=1S/C25H46O2/c1-5-6-7-8-9-10-11-12-13-14-15-16-20-25(26)27-22-21-24(4)19-17-18-23(2)3/h18,21H,5-17,19-20,22H2,1-4H3. The Bertz CT molecular complexity index is 403. The first-order valence-corrected chi connectivity index (χ1v) is 11.5. The van der Waals surface area contributed by atoms with E-state index in [1.807, 2.05) is 6.08 Å². The summed E-state index contributed by atoms with van der Waals surface area (Å²) in [6.45, 7) is 9.05. The number of hydrogen-bond acceptors (Lipinski definition) is 2. The van der Waals surface area contributed by atoms with Crippen LogP contribution in [-0.2, 0) is 9.53 Å². The molecule has 158 valence electrons. The molecule has 0 aliphatic carbocycles. The molecule has 0 saturated carbocycles. The second kappa shape index (κ2) is 19.7. The summed E-state index contributed by atoms with van der Waals surface area (Å²) in [6.07, 6.45) is 22.8. The molecule has 0 aliphatic heterocycles. The highest BCUT2D eigenvalue weighted by Gasteiger charge is 2.01. The fourth-order valence-electron chi connectivity index (χ4n) is 3.15. The van der Waals surface area contributed by atoms with Crippen molar-refractivity contribution in [3.8, 4) is 0 Å².